The molecule has 2 heterocycles. The van der Waals surface area contributed by atoms with Crippen LogP contribution in [0.25, 0.3) is 0 Å². The molecule has 0 bridgehead atoms. The maximum Gasteiger partial charge on any atom is 0.245 e. The van der Waals surface area contributed by atoms with Crippen LogP contribution in [0, 0.1) is 5.92 Å². The van der Waals surface area contributed by atoms with Gasteiger partial charge in [0.1, 0.15) is 0 Å². The molecule has 112 valence electrons. The summed E-state index contributed by atoms with van der Waals surface area (Å²) in [4.78, 5) is 9.26. The van der Waals surface area contributed by atoms with Gasteiger partial charge in [0.05, 0.1) is 11.4 Å². The summed E-state index contributed by atoms with van der Waals surface area (Å²) in [6.45, 7) is 7.67. The zero-order chi connectivity index (χ0) is 14.5. The van der Waals surface area contributed by atoms with Gasteiger partial charge >= 0.3 is 0 Å². The molecular weight excluding hydrogens is 250 g/mol. The first-order chi connectivity index (χ1) is 9.63. The Morgan fingerprint density at radius 1 is 1.10 bits per heavy atom. The summed E-state index contributed by atoms with van der Waals surface area (Å²) >= 11 is 0. The number of aromatic nitrogens is 3. The van der Waals surface area contributed by atoms with Gasteiger partial charge in [-0.25, -0.2) is 4.98 Å². The highest BCUT2D eigenvalue weighted by Gasteiger charge is 2.19. The number of anilines is 1. The molecule has 0 aromatic carbocycles. The minimum absolute atomic E-state index is 0.746. The molecule has 0 radical (unpaired) electrons. The molecule has 1 aromatic heterocycles. The molecule has 1 saturated heterocycles. The fourth-order valence-corrected chi connectivity index (χ4v) is 2.80. The van der Waals surface area contributed by atoms with Crippen LogP contribution in [0.5, 0.6) is 0 Å². The van der Waals surface area contributed by atoms with E-state index in [1.165, 1.54) is 25.9 Å². The van der Waals surface area contributed by atoms with Gasteiger partial charge in [0.15, 0.2) is 0 Å². The zero-order valence-electron chi connectivity index (χ0n) is 13.3. The Morgan fingerprint density at radius 2 is 1.75 bits per heavy atom. The fourth-order valence-electron chi connectivity index (χ4n) is 2.80. The predicted molar refractivity (Wildman–Crippen MR) is 82.1 cm³/mol. The first-order valence-corrected chi connectivity index (χ1v) is 7.76. The Hall–Kier alpha value is -1.23. The van der Waals surface area contributed by atoms with Crippen molar-refractivity contribution in [3.63, 3.8) is 0 Å². The second kappa shape index (κ2) is 6.97. The van der Waals surface area contributed by atoms with E-state index in [0.717, 1.165) is 42.6 Å². The zero-order valence-corrected chi connectivity index (χ0v) is 13.3. The quantitative estimate of drug-likeness (QED) is 0.821. The molecule has 0 atom stereocenters. The molecule has 0 unspecified atom stereocenters. The normalized spacial score (nSPS) is 17.4. The molecule has 0 spiro atoms. The number of hydrogen-bond acceptors (Lipinski definition) is 5. The third-order valence-electron chi connectivity index (χ3n) is 4.21. The van der Waals surface area contributed by atoms with E-state index in [-0.39, 0.29) is 0 Å². The maximum absolute atomic E-state index is 4.68. The van der Waals surface area contributed by atoms with Gasteiger partial charge in [-0.1, -0.05) is 13.8 Å². The van der Waals surface area contributed by atoms with Crippen molar-refractivity contribution in [1.29, 1.82) is 0 Å². The number of piperidine rings is 1. The van der Waals surface area contributed by atoms with E-state index in [0.29, 0.717) is 0 Å². The number of rotatable bonds is 5. The summed E-state index contributed by atoms with van der Waals surface area (Å²) in [5, 5.41) is 8.62. The smallest absolute Gasteiger partial charge is 0.245 e. The van der Waals surface area contributed by atoms with Crippen molar-refractivity contribution >= 4 is 5.95 Å². The van der Waals surface area contributed by atoms with Crippen LogP contribution < -0.4 is 4.90 Å². The SMILES string of the molecule is CCc1nnc(N(C)CC2CCN(C)CC2)nc1CC. The third-order valence-corrected chi connectivity index (χ3v) is 4.21. The molecule has 2 rings (SSSR count). The lowest BCUT2D eigenvalue weighted by Crippen LogP contribution is -2.36. The molecular formula is C15H27N5. The Labute approximate surface area is 122 Å². The molecule has 1 aliphatic rings. The Kier molecular flexibility index (Phi) is 5.29. The van der Waals surface area contributed by atoms with Gasteiger partial charge in [-0.05, 0) is 51.7 Å². The summed E-state index contributed by atoms with van der Waals surface area (Å²) in [5.41, 5.74) is 2.12. The summed E-state index contributed by atoms with van der Waals surface area (Å²) in [6, 6.07) is 0. The highest BCUT2D eigenvalue weighted by atomic mass is 15.3. The van der Waals surface area contributed by atoms with Crippen molar-refractivity contribution in [3.8, 4) is 0 Å². The summed E-state index contributed by atoms with van der Waals surface area (Å²) in [6.07, 6.45) is 4.36. The number of hydrogen-bond donors (Lipinski definition) is 0. The van der Waals surface area contributed by atoms with Crippen LogP contribution in [-0.4, -0.2) is 53.8 Å². The molecule has 1 fully saturated rings. The average Bonchev–Trinajstić information content (AvgIpc) is 2.48. The van der Waals surface area contributed by atoms with Crippen LogP contribution in [0.15, 0.2) is 0 Å². The van der Waals surface area contributed by atoms with E-state index in [2.05, 4.69) is 52.9 Å². The van der Waals surface area contributed by atoms with Crippen LogP contribution in [0.2, 0.25) is 0 Å². The van der Waals surface area contributed by atoms with E-state index < -0.39 is 0 Å². The van der Waals surface area contributed by atoms with Crippen LogP contribution in [0.1, 0.15) is 38.1 Å². The van der Waals surface area contributed by atoms with Crippen LogP contribution in [0.4, 0.5) is 5.95 Å². The minimum atomic E-state index is 0.746. The second-order valence-electron chi connectivity index (χ2n) is 5.84. The fraction of sp³-hybridized carbons (Fsp3) is 0.800. The van der Waals surface area contributed by atoms with Crippen molar-refractivity contribution in [1.82, 2.24) is 20.1 Å². The van der Waals surface area contributed by atoms with Gasteiger partial charge in [0, 0.05) is 13.6 Å². The number of nitrogens with zero attached hydrogens (tertiary/aromatic N) is 5. The minimum Gasteiger partial charge on any atom is -0.342 e. The molecule has 0 N–H and O–H groups in total. The van der Waals surface area contributed by atoms with Gasteiger partial charge in [-0.2, -0.15) is 5.10 Å². The standard InChI is InChI=1S/C15H27N5/c1-5-13-14(6-2)17-18-15(16-13)20(4)11-12-7-9-19(3)10-8-12/h12H,5-11H2,1-4H3. The van der Waals surface area contributed by atoms with E-state index in [1.54, 1.807) is 0 Å². The molecule has 5 nitrogen and oxygen atoms in total. The van der Waals surface area contributed by atoms with Crippen molar-refractivity contribution in [2.75, 3.05) is 38.6 Å². The first-order valence-electron chi connectivity index (χ1n) is 7.76. The van der Waals surface area contributed by atoms with Crippen molar-refractivity contribution in [2.24, 2.45) is 5.92 Å². The van der Waals surface area contributed by atoms with Gasteiger partial charge < -0.3 is 9.80 Å². The predicted octanol–water partition coefficient (Wildman–Crippen LogP) is 1.77. The third kappa shape index (κ3) is 3.66. The summed E-state index contributed by atoms with van der Waals surface area (Å²) in [5.74, 6) is 1.52. The number of likely N-dealkylation sites (tertiary alicyclic amines) is 1. The van der Waals surface area contributed by atoms with Crippen LogP contribution in [0.3, 0.4) is 0 Å². The molecule has 1 aromatic rings. The van der Waals surface area contributed by atoms with Crippen molar-refractivity contribution < 1.29 is 0 Å². The van der Waals surface area contributed by atoms with Gasteiger partial charge in [0.2, 0.25) is 5.95 Å². The highest BCUT2D eigenvalue weighted by Crippen LogP contribution is 2.19. The summed E-state index contributed by atoms with van der Waals surface area (Å²) < 4.78 is 0. The summed E-state index contributed by atoms with van der Waals surface area (Å²) in [7, 11) is 4.28. The van der Waals surface area contributed by atoms with Crippen molar-refractivity contribution in [2.45, 2.75) is 39.5 Å². The van der Waals surface area contributed by atoms with Gasteiger partial charge in [-0.3, -0.25) is 0 Å². The topological polar surface area (TPSA) is 45.2 Å². The lowest BCUT2D eigenvalue weighted by Gasteiger charge is -2.31. The average molecular weight is 277 g/mol. The Bertz CT molecular complexity index is 426. The van der Waals surface area contributed by atoms with E-state index in [4.69, 9.17) is 0 Å². The molecule has 0 amide bonds. The monoisotopic (exact) mass is 277 g/mol. The van der Waals surface area contributed by atoms with E-state index in [1.807, 2.05) is 0 Å². The first kappa shape index (κ1) is 15.2. The largest absolute Gasteiger partial charge is 0.342 e. The molecule has 0 saturated carbocycles. The van der Waals surface area contributed by atoms with Gasteiger partial charge in [-0.15, -0.1) is 5.10 Å². The van der Waals surface area contributed by atoms with E-state index >= 15 is 0 Å². The van der Waals surface area contributed by atoms with E-state index in [9.17, 15) is 0 Å². The Morgan fingerprint density at radius 3 is 2.35 bits per heavy atom. The second-order valence-corrected chi connectivity index (χ2v) is 5.84. The highest BCUT2D eigenvalue weighted by molar-refractivity contribution is 5.29. The van der Waals surface area contributed by atoms with Crippen molar-refractivity contribution in [3.05, 3.63) is 11.4 Å². The van der Waals surface area contributed by atoms with Crippen LogP contribution in [-0.2, 0) is 12.8 Å². The maximum atomic E-state index is 4.68. The lowest BCUT2D eigenvalue weighted by atomic mass is 9.97. The molecule has 1 aliphatic heterocycles. The molecule has 0 aliphatic carbocycles. The van der Waals surface area contributed by atoms with Gasteiger partial charge in [0.25, 0.3) is 0 Å². The molecule has 5 heteroatoms. The number of aryl methyl sites for hydroxylation is 2. The lowest BCUT2D eigenvalue weighted by molar-refractivity contribution is 0.222. The molecule has 20 heavy (non-hydrogen) atoms. The Balaban J connectivity index is 2.00. The van der Waals surface area contributed by atoms with Crippen LogP contribution >= 0.6 is 0 Å².